The SMILES string of the molecule is CCCCN1CCn2nc(CNC(=O)N3CC[C@@H]4CC[C@H](C3)N4C)cc2C1. The molecule has 0 spiro atoms. The highest BCUT2D eigenvalue weighted by atomic mass is 16.2. The first-order valence-electron chi connectivity index (χ1n) is 10.7. The van der Waals surface area contributed by atoms with Crippen LogP contribution in [-0.4, -0.2) is 75.8 Å². The van der Waals surface area contributed by atoms with Crippen LogP contribution in [0.1, 0.15) is 50.4 Å². The standard InChI is InChI=1S/C20H34N6O/c1-3-4-8-24-10-11-26-19(14-24)12-16(22-26)13-21-20(27)25-9-7-17-5-6-18(15-25)23(17)2/h12,17-18H,3-11,13-15H2,1-2H3,(H,21,27)/t17-,18+/m0/s1. The normalized spacial score (nSPS) is 26.1. The molecule has 2 saturated heterocycles. The average Bonchev–Trinajstić information content (AvgIpc) is 3.17. The van der Waals surface area contributed by atoms with Gasteiger partial charge in [0.1, 0.15) is 0 Å². The molecule has 1 aromatic heterocycles. The van der Waals surface area contributed by atoms with E-state index in [1.54, 1.807) is 0 Å². The summed E-state index contributed by atoms with van der Waals surface area (Å²) < 4.78 is 2.11. The second-order valence-electron chi connectivity index (χ2n) is 8.42. The third-order valence-electron chi connectivity index (χ3n) is 6.61. The van der Waals surface area contributed by atoms with Crippen molar-refractivity contribution in [2.45, 2.75) is 70.7 Å². The monoisotopic (exact) mass is 374 g/mol. The molecule has 0 unspecified atom stereocenters. The second-order valence-corrected chi connectivity index (χ2v) is 8.42. The van der Waals surface area contributed by atoms with Gasteiger partial charge in [0.2, 0.25) is 0 Å². The first kappa shape index (κ1) is 18.7. The largest absolute Gasteiger partial charge is 0.332 e. The van der Waals surface area contributed by atoms with Crippen LogP contribution in [-0.2, 0) is 19.6 Å². The number of likely N-dealkylation sites (tertiary alicyclic amines) is 1. The number of carbonyl (C=O) groups excluding carboxylic acids is 1. The van der Waals surface area contributed by atoms with Crippen molar-refractivity contribution in [3.63, 3.8) is 0 Å². The van der Waals surface area contributed by atoms with E-state index in [1.165, 1.54) is 37.9 Å². The molecule has 7 nitrogen and oxygen atoms in total. The van der Waals surface area contributed by atoms with E-state index in [0.717, 1.165) is 44.8 Å². The van der Waals surface area contributed by atoms with Crippen LogP contribution >= 0.6 is 0 Å². The van der Waals surface area contributed by atoms with E-state index in [0.29, 0.717) is 18.6 Å². The fourth-order valence-electron chi connectivity index (χ4n) is 4.81. The summed E-state index contributed by atoms with van der Waals surface area (Å²) in [5, 5.41) is 7.80. The van der Waals surface area contributed by atoms with Crippen LogP contribution in [0.15, 0.2) is 6.07 Å². The Bertz CT molecular complexity index is 659. The van der Waals surface area contributed by atoms with E-state index in [2.05, 4.69) is 39.8 Å². The van der Waals surface area contributed by atoms with Crippen molar-refractivity contribution in [1.29, 1.82) is 0 Å². The van der Waals surface area contributed by atoms with E-state index in [9.17, 15) is 4.79 Å². The van der Waals surface area contributed by atoms with Gasteiger partial charge in [0.05, 0.1) is 24.5 Å². The summed E-state index contributed by atoms with van der Waals surface area (Å²) in [5.41, 5.74) is 2.25. The van der Waals surface area contributed by atoms with Crippen LogP contribution in [0, 0.1) is 0 Å². The lowest BCUT2D eigenvalue weighted by molar-refractivity contribution is 0.187. The van der Waals surface area contributed by atoms with E-state index < -0.39 is 0 Å². The number of carbonyl (C=O) groups is 1. The minimum atomic E-state index is 0.0616. The number of hydrogen-bond donors (Lipinski definition) is 1. The average molecular weight is 375 g/mol. The lowest BCUT2D eigenvalue weighted by Crippen LogP contribution is -2.44. The Morgan fingerprint density at radius 1 is 1.22 bits per heavy atom. The summed E-state index contributed by atoms with van der Waals surface area (Å²) in [7, 11) is 2.21. The lowest BCUT2D eigenvalue weighted by atomic mass is 10.1. The van der Waals surface area contributed by atoms with Crippen LogP contribution in [0.2, 0.25) is 0 Å². The third-order valence-corrected chi connectivity index (χ3v) is 6.61. The van der Waals surface area contributed by atoms with E-state index in [4.69, 9.17) is 5.10 Å². The molecular weight excluding hydrogens is 340 g/mol. The number of unbranched alkanes of at least 4 members (excludes halogenated alkanes) is 1. The fraction of sp³-hybridized carbons (Fsp3) is 0.800. The van der Waals surface area contributed by atoms with Gasteiger partial charge in [-0.15, -0.1) is 0 Å². The van der Waals surface area contributed by atoms with Crippen molar-refractivity contribution >= 4 is 6.03 Å². The Morgan fingerprint density at radius 2 is 2.07 bits per heavy atom. The zero-order valence-corrected chi connectivity index (χ0v) is 16.9. The number of nitrogens with zero attached hydrogens (tertiary/aromatic N) is 5. The molecule has 4 rings (SSSR count). The highest BCUT2D eigenvalue weighted by molar-refractivity contribution is 5.74. The molecule has 2 fully saturated rings. The summed E-state index contributed by atoms with van der Waals surface area (Å²) in [5.74, 6) is 0. The molecule has 27 heavy (non-hydrogen) atoms. The Hall–Kier alpha value is -1.60. The molecule has 0 radical (unpaired) electrons. The summed E-state index contributed by atoms with van der Waals surface area (Å²) in [6, 6.07) is 3.41. The summed E-state index contributed by atoms with van der Waals surface area (Å²) in [4.78, 5) is 19.7. The number of fused-ring (bicyclic) bond motifs is 3. The molecule has 4 heterocycles. The molecule has 2 atom stereocenters. The van der Waals surface area contributed by atoms with Gasteiger partial charge in [0, 0.05) is 38.3 Å². The number of aromatic nitrogens is 2. The maximum absolute atomic E-state index is 12.7. The zero-order valence-electron chi connectivity index (χ0n) is 16.9. The van der Waals surface area contributed by atoms with Crippen molar-refractivity contribution in [3.05, 3.63) is 17.5 Å². The van der Waals surface area contributed by atoms with Gasteiger partial charge >= 0.3 is 6.03 Å². The molecule has 0 aliphatic carbocycles. The molecule has 0 saturated carbocycles. The van der Waals surface area contributed by atoms with Gasteiger partial charge in [0.25, 0.3) is 0 Å². The Morgan fingerprint density at radius 3 is 2.93 bits per heavy atom. The quantitative estimate of drug-likeness (QED) is 0.855. The lowest BCUT2D eigenvalue weighted by Gasteiger charge is -2.27. The predicted molar refractivity (Wildman–Crippen MR) is 105 cm³/mol. The first-order valence-corrected chi connectivity index (χ1v) is 10.7. The molecule has 7 heteroatoms. The van der Waals surface area contributed by atoms with Crippen LogP contribution < -0.4 is 5.32 Å². The molecule has 0 aromatic carbocycles. The maximum Gasteiger partial charge on any atom is 0.317 e. The topological polar surface area (TPSA) is 56.6 Å². The van der Waals surface area contributed by atoms with Crippen LogP contribution in [0.25, 0.3) is 0 Å². The minimum absolute atomic E-state index is 0.0616. The minimum Gasteiger partial charge on any atom is -0.332 e. The van der Waals surface area contributed by atoms with Crippen molar-refractivity contribution in [2.75, 3.05) is 33.2 Å². The van der Waals surface area contributed by atoms with Gasteiger partial charge in [0.15, 0.2) is 0 Å². The van der Waals surface area contributed by atoms with Gasteiger partial charge in [-0.1, -0.05) is 13.3 Å². The highest BCUT2D eigenvalue weighted by Crippen LogP contribution is 2.28. The molecule has 1 aromatic rings. The Kier molecular flexibility index (Phi) is 5.68. The molecule has 150 valence electrons. The number of rotatable bonds is 5. The highest BCUT2D eigenvalue weighted by Gasteiger charge is 2.35. The van der Waals surface area contributed by atoms with Crippen LogP contribution in [0.5, 0.6) is 0 Å². The number of nitrogens with one attached hydrogen (secondary N) is 1. The number of urea groups is 1. The molecule has 1 N–H and O–H groups in total. The molecule has 2 bridgehead atoms. The molecule has 2 amide bonds. The van der Waals surface area contributed by atoms with E-state index in [1.807, 2.05) is 4.90 Å². The molecule has 3 aliphatic heterocycles. The number of likely N-dealkylation sites (N-methyl/N-ethyl adjacent to an activating group) is 1. The van der Waals surface area contributed by atoms with Gasteiger partial charge in [-0.3, -0.25) is 14.5 Å². The zero-order chi connectivity index (χ0) is 18.8. The maximum atomic E-state index is 12.7. The van der Waals surface area contributed by atoms with Gasteiger partial charge < -0.3 is 10.2 Å². The first-order chi connectivity index (χ1) is 13.1. The van der Waals surface area contributed by atoms with Gasteiger partial charge in [-0.2, -0.15) is 5.10 Å². The third kappa shape index (κ3) is 4.14. The predicted octanol–water partition coefficient (Wildman–Crippen LogP) is 1.88. The summed E-state index contributed by atoms with van der Waals surface area (Å²) in [6.45, 7) is 8.64. The van der Waals surface area contributed by atoms with Crippen molar-refractivity contribution in [1.82, 2.24) is 29.8 Å². The number of amides is 2. The summed E-state index contributed by atoms with van der Waals surface area (Å²) in [6.07, 6.45) is 6.08. The van der Waals surface area contributed by atoms with Crippen LogP contribution in [0.3, 0.4) is 0 Å². The Balaban J connectivity index is 1.29. The number of hydrogen-bond acceptors (Lipinski definition) is 4. The van der Waals surface area contributed by atoms with E-state index in [-0.39, 0.29) is 6.03 Å². The van der Waals surface area contributed by atoms with Crippen molar-refractivity contribution < 1.29 is 4.79 Å². The Labute approximate surface area is 162 Å². The van der Waals surface area contributed by atoms with Crippen LogP contribution in [0.4, 0.5) is 4.79 Å². The summed E-state index contributed by atoms with van der Waals surface area (Å²) >= 11 is 0. The van der Waals surface area contributed by atoms with Crippen molar-refractivity contribution in [2.24, 2.45) is 0 Å². The smallest absolute Gasteiger partial charge is 0.317 e. The fourth-order valence-corrected chi connectivity index (χ4v) is 4.81. The van der Waals surface area contributed by atoms with Gasteiger partial charge in [-0.25, -0.2) is 4.79 Å². The van der Waals surface area contributed by atoms with E-state index >= 15 is 0 Å². The molecular formula is C20H34N6O. The molecule has 3 aliphatic rings. The van der Waals surface area contributed by atoms with Crippen molar-refractivity contribution in [3.8, 4) is 0 Å². The second kappa shape index (κ2) is 8.19. The van der Waals surface area contributed by atoms with Gasteiger partial charge in [-0.05, 0) is 45.3 Å².